The Hall–Kier alpha value is -1.27. The van der Waals surface area contributed by atoms with Crippen LogP contribution in [0, 0.1) is 5.92 Å². The number of sulfone groups is 1. The number of carbonyl (C=O) groups excluding carboxylic acids is 1. The number of benzene rings is 1. The molecule has 1 N–H and O–H groups in total. The van der Waals surface area contributed by atoms with Crippen LogP contribution in [0.4, 0.5) is 4.79 Å². The van der Waals surface area contributed by atoms with E-state index in [1.807, 2.05) is 24.3 Å². The average molecular weight is 343 g/mol. The highest BCUT2D eigenvalue weighted by atomic mass is 35.5. The van der Waals surface area contributed by atoms with Gasteiger partial charge in [-0.15, -0.1) is 0 Å². The van der Waals surface area contributed by atoms with Gasteiger partial charge in [-0.1, -0.05) is 23.7 Å². The minimum Gasteiger partial charge on any atom is -0.331 e. The largest absolute Gasteiger partial charge is 0.331 e. The maximum atomic E-state index is 12.4. The van der Waals surface area contributed by atoms with Gasteiger partial charge in [0, 0.05) is 18.1 Å². The fourth-order valence-electron chi connectivity index (χ4n) is 2.71. The minimum atomic E-state index is -2.97. The molecule has 3 rings (SSSR count). The van der Waals surface area contributed by atoms with Crippen molar-refractivity contribution in [3.63, 3.8) is 0 Å². The Labute approximate surface area is 135 Å². The summed E-state index contributed by atoms with van der Waals surface area (Å²) >= 11 is 5.91. The standard InChI is InChI=1S/C15H19ClN2O3S/c16-13-5-3-12(4-6-13)14(11-1-2-11)17-15(19)18-7-9-22(20,21)10-8-18/h3-6,11,14H,1-2,7-10H2,(H,17,19)/t14-/m0/s1. The third kappa shape index (κ3) is 3.73. The smallest absolute Gasteiger partial charge is 0.317 e. The molecule has 7 heteroatoms. The first-order valence-electron chi connectivity index (χ1n) is 7.46. The topological polar surface area (TPSA) is 66.5 Å². The van der Waals surface area contributed by atoms with Crippen LogP contribution in [-0.2, 0) is 9.84 Å². The molecular formula is C15H19ClN2O3S. The average Bonchev–Trinajstić information content (AvgIpc) is 3.30. The Morgan fingerprint density at radius 2 is 1.77 bits per heavy atom. The van der Waals surface area contributed by atoms with Gasteiger partial charge < -0.3 is 10.2 Å². The molecule has 1 saturated heterocycles. The third-order valence-electron chi connectivity index (χ3n) is 4.23. The number of nitrogens with zero attached hydrogens (tertiary/aromatic N) is 1. The number of urea groups is 1. The number of hydrogen-bond acceptors (Lipinski definition) is 3. The highest BCUT2D eigenvalue weighted by molar-refractivity contribution is 7.91. The van der Waals surface area contributed by atoms with E-state index in [2.05, 4.69) is 5.32 Å². The molecule has 0 bridgehead atoms. The van der Waals surface area contributed by atoms with Crippen LogP contribution < -0.4 is 5.32 Å². The lowest BCUT2D eigenvalue weighted by atomic mass is 10.0. The van der Waals surface area contributed by atoms with Gasteiger partial charge in [0.2, 0.25) is 0 Å². The van der Waals surface area contributed by atoms with Crippen molar-refractivity contribution in [2.24, 2.45) is 5.92 Å². The highest BCUT2D eigenvalue weighted by Crippen LogP contribution is 2.41. The van der Waals surface area contributed by atoms with E-state index in [1.165, 1.54) is 0 Å². The lowest BCUT2D eigenvalue weighted by Gasteiger charge is -2.29. The fourth-order valence-corrected chi connectivity index (χ4v) is 4.04. The van der Waals surface area contributed by atoms with Gasteiger partial charge in [0.15, 0.2) is 9.84 Å². The van der Waals surface area contributed by atoms with Crippen molar-refractivity contribution < 1.29 is 13.2 Å². The van der Waals surface area contributed by atoms with Crippen LogP contribution in [0.2, 0.25) is 5.02 Å². The number of amides is 2. The Kier molecular flexibility index (Phi) is 4.32. The van der Waals surface area contributed by atoms with Gasteiger partial charge >= 0.3 is 6.03 Å². The molecule has 1 atom stereocenters. The summed E-state index contributed by atoms with van der Waals surface area (Å²) in [5.41, 5.74) is 1.05. The maximum Gasteiger partial charge on any atom is 0.317 e. The number of rotatable bonds is 3. The predicted molar refractivity (Wildman–Crippen MR) is 85.7 cm³/mol. The normalized spacial score (nSPS) is 22.1. The molecule has 120 valence electrons. The molecule has 22 heavy (non-hydrogen) atoms. The molecule has 0 spiro atoms. The Balaban J connectivity index is 1.66. The van der Waals surface area contributed by atoms with Crippen LogP contribution in [-0.4, -0.2) is 43.9 Å². The molecule has 2 fully saturated rings. The van der Waals surface area contributed by atoms with E-state index in [1.54, 1.807) is 4.90 Å². The summed E-state index contributed by atoms with van der Waals surface area (Å²) in [6.07, 6.45) is 2.20. The van der Waals surface area contributed by atoms with Crippen molar-refractivity contribution in [3.05, 3.63) is 34.9 Å². The Bertz CT molecular complexity index is 642. The van der Waals surface area contributed by atoms with Crippen LogP contribution in [0.25, 0.3) is 0 Å². The van der Waals surface area contributed by atoms with Crippen molar-refractivity contribution in [2.45, 2.75) is 18.9 Å². The van der Waals surface area contributed by atoms with Crippen LogP contribution in [0.5, 0.6) is 0 Å². The van der Waals surface area contributed by atoms with E-state index in [9.17, 15) is 13.2 Å². The van der Waals surface area contributed by atoms with Crippen LogP contribution in [0.3, 0.4) is 0 Å². The number of hydrogen-bond donors (Lipinski definition) is 1. The lowest BCUT2D eigenvalue weighted by Crippen LogP contribution is -2.49. The van der Waals surface area contributed by atoms with Crippen molar-refractivity contribution in [3.8, 4) is 0 Å². The molecule has 2 amide bonds. The zero-order chi connectivity index (χ0) is 15.7. The van der Waals surface area contributed by atoms with Crippen LogP contribution in [0.1, 0.15) is 24.4 Å². The van der Waals surface area contributed by atoms with Gasteiger partial charge in [-0.3, -0.25) is 0 Å². The summed E-state index contributed by atoms with van der Waals surface area (Å²) in [4.78, 5) is 14.0. The van der Waals surface area contributed by atoms with Crippen molar-refractivity contribution in [1.29, 1.82) is 0 Å². The summed E-state index contributed by atoms with van der Waals surface area (Å²) < 4.78 is 22.9. The highest BCUT2D eigenvalue weighted by Gasteiger charge is 2.35. The second-order valence-electron chi connectivity index (χ2n) is 5.96. The fraction of sp³-hybridized carbons (Fsp3) is 0.533. The number of halogens is 1. The van der Waals surface area contributed by atoms with E-state index in [0.717, 1.165) is 18.4 Å². The summed E-state index contributed by atoms with van der Waals surface area (Å²) in [6.45, 7) is 0.540. The molecule has 1 aliphatic heterocycles. The molecule has 5 nitrogen and oxygen atoms in total. The maximum absolute atomic E-state index is 12.4. The van der Waals surface area contributed by atoms with Gasteiger partial charge in [-0.25, -0.2) is 13.2 Å². The second kappa shape index (κ2) is 6.08. The SMILES string of the molecule is O=C(N[C@H](c1ccc(Cl)cc1)C1CC1)N1CCS(=O)(=O)CC1. The predicted octanol–water partition coefficient (Wildman–Crippen LogP) is 2.23. The first-order valence-corrected chi connectivity index (χ1v) is 9.66. The molecule has 1 aromatic rings. The molecule has 1 saturated carbocycles. The molecule has 0 aromatic heterocycles. The van der Waals surface area contributed by atoms with E-state index >= 15 is 0 Å². The Morgan fingerprint density at radius 3 is 2.32 bits per heavy atom. The van der Waals surface area contributed by atoms with Crippen molar-refractivity contribution >= 4 is 27.5 Å². The lowest BCUT2D eigenvalue weighted by molar-refractivity contribution is 0.196. The van der Waals surface area contributed by atoms with Gasteiger partial charge in [-0.2, -0.15) is 0 Å². The van der Waals surface area contributed by atoms with Crippen molar-refractivity contribution in [2.75, 3.05) is 24.6 Å². The van der Waals surface area contributed by atoms with E-state index in [4.69, 9.17) is 11.6 Å². The van der Waals surface area contributed by atoms with E-state index in [-0.39, 0.29) is 36.7 Å². The first-order chi connectivity index (χ1) is 10.4. The molecule has 0 radical (unpaired) electrons. The first kappa shape index (κ1) is 15.6. The zero-order valence-electron chi connectivity index (χ0n) is 12.2. The molecule has 1 aromatic carbocycles. The van der Waals surface area contributed by atoms with Crippen molar-refractivity contribution in [1.82, 2.24) is 10.2 Å². The third-order valence-corrected chi connectivity index (χ3v) is 6.09. The monoisotopic (exact) mass is 342 g/mol. The summed E-state index contributed by atoms with van der Waals surface area (Å²) in [5.74, 6) is 0.559. The quantitative estimate of drug-likeness (QED) is 0.916. The molecular weight excluding hydrogens is 324 g/mol. The minimum absolute atomic E-state index is 0.0247. The van der Waals surface area contributed by atoms with E-state index < -0.39 is 9.84 Å². The van der Waals surface area contributed by atoms with Gasteiger partial charge in [0.1, 0.15) is 0 Å². The van der Waals surface area contributed by atoms with Crippen LogP contribution in [0.15, 0.2) is 24.3 Å². The Morgan fingerprint density at radius 1 is 1.18 bits per heavy atom. The summed E-state index contributed by atoms with van der Waals surface area (Å²) in [7, 11) is -2.97. The second-order valence-corrected chi connectivity index (χ2v) is 8.70. The van der Waals surface area contributed by atoms with E-state index in [0.29, 0.717) is 10.9 Å². The van der Waals surface area contributed by atoms with Crippen LogP contribution >= 0.6 is 11.6 Å². The summed E-state index contributed by atoms with van der Waals surface area (Å²) in [5, 5.41) is 3.73. The molecule has 1 heterocycles. The van der Waals surface area contributed by atoms with Gasteiger partial charge in [0.25, 0.3) is 0 Å². The van der Waals surface area contributed by atoms with Gasteiger partial charge in [0.05, 0.1) is 17.5 Å². The summed E-state index contributed by atoms with van der Waals surface area (Å²) in [6, 6.07) is 7.32. The molecule has 0 unspecified atom stereocenters. The number of nitrogens with one attached hydrogen (secondary N) is 1. The number of carbonyl (C=O) groups is 1. The molecule has 2 aliphatic rings. The zero-order valence-corrected chi connectivity index (χ0v) is 13.7. The van der Waals surface area contributed by atoms with Gasteiger partial charge in [-0.05, 0) is 36.5 Å². The molecule has 1 aliphatic carbocycles.